The van der Waals surface area contributed by atoms with Crippen LogP contribution in [0.1, 0.15) is 31.2 Å². The Hall–Kier alpha value is -0.950. The van der Waals surface area contributed by atoms with Crippen molar-refractivity contribution in [3.8, 4) is 0 Å². The zero-order valence-electron chi connectivity index (χ0n) is 11.8. The number of rotatable bonds is 3. The van der Waals surface area contributed by atoms with Gasteiger partial charge in [-0.2, -0.15) is 8.42 Å². The minimum Gasteiger partial charge on any atom is -0.348 e. The molecule has 1 spiro atoms. The molecule has 1 aliphatic carbocycles. The van der Waals surface area contributed by atoms with E-state index in [2.05, 4.69) is 0 Å². The first kappa shape index (κ1) is 15.0. The second kappa shape index (κ2) is 5.68. The molecule has 1 saturated heterocycles. The van der Waals surface area contributed by atoms with Crippen molar-refractivity contribution >= 4 is 10.1 Å². The standard InChI is InChI=1S/C15H20O5S/c16-21(17,18)14-3-1-12(2-4-14)11-13-5-7-15(8-6-13)19-9-10-20-15/h1-4,13H,5-11H2,(H,16,17,18). The van der Waals surface area contributed by atoms with Crippen LogP contribution in [0, 0.1) is 5.92 Å². The van der Waals surface area contributed by atoms with Crippen LogP contribution in [0.5, 0.6) is 0 Å². The SMILES string of the molecule is O=S(=O)(O)c1ccc(CC2CCC3(CC2)OCCO3)cc1. The molecule has 21 heavy (non-hydrogen) atoms. The van der Waals surface area contributed by atoms with Crippen molar-refractivity contribution < 1.29 is 22.4 Å². The predicted octanol–water partition coefficient (Wildman–Crippen LogP) is 2.41. The van der Waals surface area contributed by atoms with Gasteiger partial charge in [0.25, 0.3) is 10.1 Å². The summed E-state index contributed by atoms with van der Waals surface area (Å²) in [5.41, 5.74) is 1.09. The van der Waals surface area contributed by atoms with Gasteiger partial charge in [0.15, 0.2) is 5.79 Å². The second-order valence-electron chi connectivity index (χ2n) is 5.87. The normalized spacial score (nSPS) is 22.7. The highest BCUT2D eigenvalue weighted by Crippen LogP contribution is 2.39. The maximum atomic E-state index is 11.0. The zero-order valence-corrected chi connectivity index (χ0v) is 12.6. The van der Waals surface area contributed by atoms with Gasteiger partial charge in [0.05, 0.1) is 18.1 Å². The van der Waals surface area contributed by atoms with E-state index >= 15 is 0 Å². The molecule has 6 heteroatoms. The Morgan fingerprint density at radius 2 is 1.67 bits per heavy atom. The van der Waals surface area contributed by atoms with Crippen molar-refractivity contribution in [3.05, 3.63) is 29.8 Å². The lowest BCUT2D eigenvalue weighted by molar-refractivity contribution is -0.182. The molecule has 1 aromatic carbocycles. The minimum absolute atomic E-state index is 0.0541. The van der Waals surface area contributed by atoms with E-state index in [1.807, 2.05) is 0 Å². The topological polar surface area (TPSA) is 72.8 Å². The zero-order chi connectivity index (χ0) is 14.9. The summed E-state index contributed by atoms with van der Waals surface area (Å²) >= 11 is 0. The molecule has 0 bridgehead atoms. The van der Waals surface area contributed by atoms with Crippen LogP contribution in [0.4, 0.5) is 0 Å². The molecular weight excluding hydrogens is 292 g/mol. The Morgan fingerprint density at radius 1 is 1.10 bits per heavy atom. The highest BCUT2D eigenvalue weighted by Gasteiger charge is 2.40. The number of hydrogen-bond acceptors (Lipinski definition) is 4. The van der Waals surface area contributed by atoms with Crippen LogP contribution in [0.15, 0.2) is 29.2 Å². The summed E-state index contributed by atoms with van der Waals surface area (Å²) < 4.78 is 42.4. The monoisotopic (exact) mass is 312 g/mol. The van der Waals surface area contributed by atoms with E-state index in [-0.39, 0.29) is 10.7 Å². The summed E-state index contributed by atoms with van der Waals surface area (Å²) in [5.74, 6) is 0.241. The van der Waals surface area contributed by atoms with Gasteiger partial charge in [0.1, 0.15) is 0 Å². The Labute approximate surface area is 125 Å². The maximum Gasteiger partial charge on any atom is 0.294 e. The smallest absolute Gasteiger partial charge is 0.294 e. The van der Waals surface area contributed by atoms with E-state index in [0.29, 0.717) is 19.1 Å². The highest BCUT2D eigenvalue weighted by atomic mass is 32.2. The third kappa shape index (κ3) is 3.45. The van der Waals surface area contributed by atoms with Crippen molar-refractivity contribution in [1.29, 1.82) is 0 Å². The van der Waals surface area contributed by atoms with E-state index in [1.165, 1.54) is 12.1 Å². The molecule has 2 aliphatic rings. The van der Waals surface area contributed by atoms with Crippen LogP contribution in [-0.4, -0.2) is 32.0 Å². The Kier molecular flexibility index (Phi) is 4.05. The van der Waals surface area contributed by atoms with E-state index in [4.69, 9.17) is 14.0 Å². The molecule has 1 N–H and O–H groups in total. The summed E-state index contributed by atoms with van der Waals surface area (Å²) in [6.07, 6.45) is 4.89. The molecule has 0 radical (unpaired) electrons. The summed E-state index contributed by atoms with van der Waals surface area (Å²) in [5, 5.41) is 0. The van der Waals surface area contributed by atoms with Gasteiger partial charge >= 0.3 is 0 Å². The van der Waals surface area contributed by atoms with Gasteiger partial charge in [-0.15, -0.1) is 0 Å². The third-order valence-corrected chi connectivity index (χ3v) is 5.29. The number of benzene rings is 1. The molecular formula is C15H20O5S. The first-order valence-electron chi connectivity index (χ1n) is 7.31. The highest BCUT2D eigenvalue weighted by molar-refractivity contribution is 7.85. The fourth-order valence-electron chi connectivity index (χ4n) is 3.24. The van der Waals surface area contributed by atoms with Gasteiger partial charge < -0.3 is 9.47 Å². The molecule has 0 aromatic heterocycles. The van der Waals surface area contributed by atoms with E-state index in [1.54, 1.807) is 12.1 Å². The molecule has 0 unspecified atom stereocenters. The van der Waals surface area contributed by atoms with Crippen LogP contribution in [0.3, 0.4) is 0 Å². The molecule has 1 heterocycles. The third-order valence-electron chi connectivity index (χ3n) is 4.43. The Bertz CT molecular complexity index is 577. The molecule has 116 valence electrons. The van der Waals surface area contributed by atoms with Crippen LogP contribution in [0.25, 0.3) is 0 Å². The lowest BCUT2D eigenvalue weighted by atomic mass is 9.81. The van der Waals surface area contributed by atoms with Crippen molar-refractivity contribution in [1.82, 2.24) is 0 Å². The number of ether oxygens (including phenoxy) is 2. The molecule has 1 saturated carbocycles. The van der Waals surface area contributed by atoms with Gasteiger partial charge in [-0.3, -0.25) is 4.55 Å². The average Bonchev–Trinajstić information content (AvgIpc) is 2.90. The minimum atomic E-state index is -4.10. The Balaban J connectivity index is 1.58. The lowest BCUT2D eigenvalue weighted by Gasteiger charge is -2.35. The van der Waals surface area contributed by atoms with E-state index in [9.17, 15) is 8.42 Å². The quantitative estimate of drug-likeness (QED) is 0.868. The number of hydrogen-bond donors (Lipinski definition) is 1. The fourth-order valence-corrected chi connectivity index (χ4v) is 3.72. The van der Waals surface area contributed by atoms with Crippen LogP contribution in [-0.2, 0) is 26.0 Å². The molecule has 2 fully saturated rings. The summed E-state index contributed by atoms with van der Waals surface area (Å²) in [4.78, 5) is -0.0541. The van der Waals surface area contributed by atoms with E-state index < -0.39 is 10.1 Å². The lowest BCUT2D eigenvalue weighted by Crippen LogP contribution is -2.35. The molecule has 1 aliphatic heterocycles. The maximum absolute atomic E-state index is 11.0. The first-order valence-corrected chi connectivity index (χ1v) is 8.75. The largest absolute Gasteiger partial charge is 0.348 e. The molecule has 1 aromatic rings. The van der Waals surface area contributed by atoms with Crippen molar-refractivity contribution in [2.75, 3.05) is 13.2 Å². The summed E-state index contributed by atoms with van der Waals surface area (Å²) in [7, 11) is -4.10. The van der Waals surface area contributed by atoms with Crippen molar-refractivity contribution in [3.63, 3.8) is 0 Å². The second-order valence-corrected chi connectivity index (χ2v) is 7.30. The fraction of sp³-hybridized carbons (Fsp3) is 0.600. The van der Waals surface area contributed by atoms with Crippen molar-refractivity contribution in [2.45, 2.75) is 42.8 Å². The molecule has 0 amide bonds. The molecule has 5 nitrogen and oxygen atoms in total. The van der Waals surface area contributed by atoms with Gasteiger partial charge in [0, 0.05) is 12.8 Å². The first-order chi connectivity index (χ1) is 9.97. The van der Waals surface area contributed by atoms with E-state index in [0.717, 1.165) is 37.7 Å². The summed E-state index contributed by atoms with van der Waals surface area (Å²) in [6.45, 7) is 1.39. The van der Waals surface area contributed by atoms with Crippen LogP contribution < -0.4 is 0 Å². The average molecular weight is 312 g/mol. The predicted molar refractivity (Wildman–Crippen MR) is 76.6 cm³/mol. The Morgan fingerprint density at radius 3 is 2.19 bits per heavy atom. The summed E-state index contributed by atoms with van der Waals surface area (Å²) in [6, 6.07) is 6.46. The van der Waals surface area contributed by atoms with Crippen molar-refractivity contribution in [2.24, 2.45) is 5.92 Å². The molecule has 0 atom stereocenters. The van der Waals surface area contributed by atoms with Crippen LogP contribution >= 0.6 is 0 Å². The van der Waals surface area contributed by atoms with Gasteiger partial charge in [-0.1, -0.05) is 12.1 Å². The van der Waals surface area contributed by atoms with Gasteiger partial charge in [-0.05, 0) is 42.9 Å². The van der Waals surface area contributed by atoms with Gasteiger partial charge in [-0.25, -0.2) is 0 Å². The van der Waals surface area contributed by atoms with Gasteiger partial charge in [0.2, 0.25) is 0 Å². The van der Waals surface area contributed by atoms with Crippen LogP contribution in [0.2, 0.25) is 0 Å². The molecule has 3 rings (SSSR count).